The monoisotopic (exact) mass is 218 g/mol. The standard InChI is InChI=1S/C10H22N2O3/c1-10(2,11)6-5-8(13)12-7-9(14-3)15-4/h9H,5-7,11H2,1-4H3,(H,12,13). The van der Waals surface area contributed by atoms with Crippen LogP contribution in [0.15, 0.2) is 0 Å². The fourth-order valence-electron chi connectivity index (χ4n) is 0.984. The first kappa shape index (κ1) is 14.3. The van der Waals surface area contributed by atoms with Gasteiger partial charge < -0.3 is 20.5 Å². The van der Waals surface area contributed by atoms with Crippen LogP contribution in [-0.4, -0.2) is 38.5 Å². The number of hydrogen-bond donors (Lipinski definition) is 2. The molecule has 0 aliphatic rings. The first-order valence-corrected chi connectivity index (χ1v) is 5.00. The molecule has 15 heavy (non-hydrogen) atoms. The number of methoxy groups -OCH3 is 2. The van der Waals surface area contributed by atoms with Gasteiger partial charge in [-0.05, 0) is 20.3 Å². The minimum Gasteiger partial charge on any atom is -0.354 e. The molecule has 0 aromatic carbocycles. The molecule has 0 saturated heterocycles. The molecule has 0 unspecified atom stereocenters. The van der Waals surface area contributed by atoms with E-state index in [-0.39, 0.29) is 17.7 Å². The van der Waals surface area contributed by atoms with E-state index in [0.29, 0.717) is 19.4 Å². The molecule has 0 aliphatic heterocycles. The van der Waals surface area contributed by atoms with Crippen LogP contribution in [-0.2, 0) is 14.3 Å². The first-order valence-electron chi connectivity index (χ1n) is 5.00. The SMILES string of the molecule is COC(CNC(=O)CCC(C)(C)N)OC. The zero-order valence-electron chi connectivity index (χ0n) is 10.0. The largest absolute Gasteiger partial charge is 0.354 e. The molecule has 1 amide bonds. The maximum Gasteiger partial charge on any atom is 0.220 e. The Hall–Kier alpha value is -0.650. The second-order valence-corrected chi connectivity index (χ2v) is 4.19. The summed E-state index contributed by atoms with van der Waals surface area (Å²) in [6.45, 7) is 4.15. The molecule has 0 radical (unpaired) electrons. The Balaban J connectivity index is 3.66. The van der Waals surface area contributed by atoms with Crippen molar-refractivity contribution in [1.82, 2.24) is 5.32 Å². The lowest BCUT2D eigenvalue weighted by molar-refractivity contribution is -0.127. The average molecular weight is 218 g/mol. The minimum absolute atomic E-state index is 0.0346. The predicted octanol–water partition coefficient (Wildman–Crippen LogP) is 0.239. The van der Waals surface area contributed by atoms with Gasteiger partial charge in [-0.25, -0.2) is 0 Å². The molecule has 5 heteroatoms. The molecule has 0 heterocycles. The first-order chi connectivity index (χ1) is 6.89. The van der Waals surface area contributed by atoms with Crippen molar-refractivity contribution < 1.29 is 14.3 Å². The fraction of sp³-hybridized carbons (Fsp3) is 0.900. The van der Waals surface area contributed by atoms with Crippen LogP contribution in [0.5, 0.6) is 0 Å². The van der Waals surface area contributed by atoms with Crippen LogP contribution < -0.4 is 11.1 Å². The number of carbonyl (C=O) groups is 1. The molecule has 0 aliphatic carbocycles. The molecule has 0 spiro atoms. The van der Waals surface area contributed by atoms with E-state index in [2.05, 4.69) is 5.32 Å². The van der Waals surface area contributed by atoms with Gasteiger partial charge in [0.15, 0.2) is 6.29 Å². The van der Waals surface area contributed by atoms with Gasteiger partial charge in [0.1, 0.15) is 0 Å². The summed E-state index contributed by atoms with van der Waals surface area (Å²) in [6, 6.07) is 0. The highest BCUT2D eigenvalue weighted by Crippen LogP contribution is 2.06. The van der Waals surface area contributed by atoms with Gasteiger partial charge >= 0.3 is 0 Å². The maximum atomic E-state index is 11.3. The average Bonchev–Trinajstić information content (AvgIpc) is 2.15. The number of hydrogen-bond acceptors (Lipinski definition) is 4. The van der Waals surface area contributed by atoms with E-state index in [4.69, 9.17) is 15.2 Å². The lowest BCUT2D eigenvalue weighted by Crippen LogP contribution is -2.37. The summed E-state index contributed by atoms with van der Waals surface area (Å²) >= 11 is 0. The van der Waals surface area contributed by atoms with Crippen molar-refractivity contribution in [3.8, 4) is 0 Å². The van der Waals surface area contributed by atoms with E-state index in [9.17, 15) is 4.79 Å². The highest BCUT2D eigenvalue weighted by Gasteiger charge is 2.14. The van der Waals surface area contributed by atoms with Gasteiger partial charge in [-0.2, -0.15) is 0 Å². The molecule has 0 rings (SSSR count). The van der Waals surface area contributed by atoms with Crippen molar-refractivity contribution in [1.29, 1.82) is 0 Å². The summed E-state index contributed by atoms with van der Waals surface area (Å²) in [6.07, 6.45) is 0.687. The Labute approximate surface area is 91.3 Å². The summed E-state index contributed by atoms with van der Waals surface area (Å²) < 4.78 is 9.87. The van der Waals surface area contributed by atoms with E-state index < -0.39 is 0 Å². The normalized spacial score (nSPS) is 11.9. The summed E-state index contributed by atoms with van der Waals surface area (Å²) in [4.78, 5) is 11.3. The van der Waals surface area contributed by atoms with E-state index in [1.807, 2.05) is 13.8 Å². The Morgan fingerprint density at radius 2 is 1.93 bits per heavy atom. The summed E-state index contributed by atoms with van der Waals surface area (Å²) in [5, 5.41) is 2.71. The van der Waals surface area contributed by atoms with Gasteiger partial charge in [0.25, 0.3) is 0 Å². The zero-order valence-corrected chi connectivity index (χ0v) is 10.0. The predicted molar refractivity (Wildman–Crippen MR) is 58.3 cm³/mol. The Morgan fingerprint density at radius 3 is 2.33 bits per heavy atom. The van der Waals surface area contributed by atoms with E-state index >= 15 is 0 Å². The van der Waals surface area contributed by atoms with Gasteiger partial charge in [-0.3, -0.25) is 4.79 Å². The lowest BCUT2D eigenvalue weighted by Gasteiger charge is -2.18. The Kier molecular flexibility index (Phi) is 6.47. The number of nitrogens with one attached hydrogen (secondary N) is 1. The van der Waals surface area contributed by atoms with Gasteiger partial charge in [0.2, 0.25) is 5.91 Å². The number of nitrogens with two attached hydrogens (primary N) is 1. The zero-order chi connectivity index (χ0) is 11.9. The fourth-order valence-corrected chi connectivity index (χ4v) is 0.984. The van der Waals surface area contributed by atoms with Crippen molar-refractivity contribution in [3.63, 3.8) is 0 Å². The topological polar surface area (TPSA) is 73.6 Å². The van der Waals surface area contributed by atoms with Crippen LogP contribution in [0.4, 0.5) is 0 Å². The van der Waals surface area contributed by atoms with Crippen LogP contribution in [0.1, 0.15) is 26.7 Å². The molecule has 90 valence electrons. The number of ether oxygens (including phenoxy) is 2. The van der Waals surface area contributed by atoms with Crippen LogP contribution in [0.25, 0.3) is 0 Å². The number of rotatable bonds is 7. The summed E-state index contributed by atoms with van der Waals surface area (Å²) in [5.41, 5.74) is 5.46. The molecular formula is C10H22N2O3. The lowest BCUT2D eigenvalue weighted by atomic mass is 10.00. The highest BCUT2D eigenvalue weighted by atomic mass is 16.7. The van der Waals surface area contributed by atoms with Crippen molar-refractivity contribution in [2.45, 2.75) is 38.5 Å². The second-order valence-electron chi connectivity index (χ2n) is 4.19. The van der Waals surface area contributed by atoms with Gasteiger partial charge in [-0.1, -0.05) is 0 Å². The Morgan fingerprint density at radius 1 is 1.40 bits per heavy atom. The van der Waals surface area contributed by atoms with Crippen LogP contribution in [0.3, 0.4) is 0 Å². The van der Waals surface area contributed by atoms with Crippen molar-refractivity contribution in [3.05, 3.63) is 0 Å². The van der Waals surface area contributed by atoms with E-state index in [1.165, 1.54) is 14.2 Å². The molecule has 0 aromatic heterocycles. The minimum atomic E-state index is -0.389. The third-order valence-electron chi connectivity index (χ3n) is 1.99. The molecule has 3 N–H and O–H groups in total. The summed E-state index contributed by atoms with van der Waals surface area (Å²) in [7, 11) is 3.06. The molecule has 5 nitrogen and oxygen atoms in total. The van der Waals surface area contributed by atoms with Crippen LogP contribution in [0, 0.1) is 0 Å². The highest BCUT2D eigenvalue weighted by molar-refractivity contribution is 5.75. The smallest absolute Gasteiger partial charge is 0.220 e. The summed E-state index contributed by atoms with van der Waals surface area (Å²) in [5.74, 6) is -0.0346. The van der Waals surface area contributed by atoms with Gasteiger partial charge in [-0.15, -0.1) is 0 Å². The second kappa shape index (κ2) is 6.76. The van der Waals surface area contributed by atoms with Crippen molar-refractivity contribution in [2.24, 2.45) is 5.73 Å². The van der Waals surface area contributed by atoms with Crippen LogP contribution in [0.2, 0.25) is 0 Å². The van der Waals surface area contributed by atoms with E-state index in [1.54, 1.807) is 0 Å². The third kappa shape index (κ3) is 8.35. The molecule has 0 atom stereocenters. The number of amides is 1. The molecule has 0 fully saturated rings. The van der Waals surface area contributed by atoms with Crippen molar-refractivity contribution in [2.75, 3.05) is 20.8 Å². The van der Waals surface area contributed by atoms with Gasteiger partial charge in [0.05, 0.1) is 6.54 Å². The quantitative estimate of drug-likeness (QED) is 0.600. The molecule has 0 saturated carbocycles. The number of carbonyl (C=O) groups excluding carboxylic acids is 1. The molecular weight excluding hydrogens is 196 g/mol. The molecule has 0 aromatic rings. The Bertz CT molecular complexity index is 186. The van der Waals surface area contributed by atoms with Gasteiger partial charge in [0, 0.05) is 26.2 Å². The van der Waals surface area contributed by atoms with E-state index in [0.717, 1.165) is 0 Å². The van der Waals surface area contributed by atoms with Crippen LogP contribution >= 0.6 is 0 Å². The van der Waals surface area contributed by atoms with Crippen molar-refractivity contribution >= 4 is 5.91 Å². The molecule has 0 bridgehead atoms. The maximum absolute atomic E-state index is 11.3. The third-order valence-corrected chi connectivity index (χ3v) is 1.99.